The Morgan fingerprint density at radius 2 is 1.89 bits per heavy atom. The lowest BCUT2D eigenvalue weighted by atomic mass is 10.00. The van der Waals surface area contributed by atoms with Gasteiger partial charge in [0.1, 0.15) is 0 Å². The van der Waals surface area contributed by atoms with Crippen LogP contribution < -0.4 is 5.32 Å². The Morgan fingerprint density at radius 3 is 2.44 bits per heavy atom. The van der Waals surface area contributed by atoms with E-state index in [0.29, 0.717) is 6.04 Å². The Morgan fingerprint density at radius 1 is 1.28 bits per heavy atom. The van der Waals surface area contributed by atoms with Crippen LogP contribution in [0.15, 0.2) is 12.1 Å². The van der Waals surface area contributed by atoms with Crippen molar-refractivity contribution in [2.45, 2.75) is 65.7 Å². The van der Waals surface area contributed by atoms with Gasteiger partial charge in [-0.15, -0.1) is 11.3 Å². The van der Waals surface area contributed by atoms with Crippen LogP contribution in [0.3, 0.4) is 0 Å². The minimum Gasteiger partial charge on any atom is -0.310 e. The molecule has 1 heterocycles. The highest BCUT2D eigenvalue weighted by molar-refractivity contribution is 7.11. The van der Waals surface area contributed by atoms with E-state index in [1.165, 1.54) is 16.2 Å². The van der Waals surface area contributed by atoms with E-state index in [4.69, 9.17) is 0 Å². The summed E-state index contributed by atoms with van der Waals surface area (Å²) in [5, 5.41) is 3.47. The van der Waals surface area contributed by atoms with Crippen molar-refractivity contribution in [3.8, 4) is 0 Å². The lowest BCUT2D eigenvalue weighted by Crippen LogP contribution is -2.39. The smallest absolute Gasteiger partial charge is 0.0330 e. The fraction of sp³-hybridized carbons (Fsp3) is 0.733. The monoisotopic (exact) mass is 268 g/mol. The first-order valence-electron chi connectivity index (χ1n) is 6.87. The molecule has 0 aromatic carbocycles. The van der Waals surface area contributed by atoms with Gasteiger partial charge in [-0.3, -0.25) is 4.90 Å². The summed E-state index contributed by atoms with van der Waals surface area (Å²) in [4.78, 5) is 5.33. The Kier molecular flexibility index (Phi) is 5.83. The zero-order chi connectivity index (χ0) is 13.8. The van der Waals surface area contributed by atoms with Crippen LogP contribution in [-0.4, -0.2) is 23.5 Å². The van der Waals surface area contributed by atoms with Crippen molar-refractivity contribution in [1.82, 2.24) is 10.2 Å². The first kappa shape index (κ1) is 15.7. The van der Waals surface area contributed by atoms with Crippen LogP contribution in [0.25, 0.3) is 0 Å². The molecule has 1 rings (SSSR count). The molecule has 0 amide bonds. The average molecular weight is 268 g/mol. The normalized spacial score (nSPS) is 12.7. The topological polar surface area (TPSA) is 15.3 Å². The van der Waals surface area contributed by atoms with E-state index in [2.05, 4.69) is 64.0 Å². The van der Waals surface area contributed by atoms with Crippen LogP contribution in [0.2, 0.25) is 0 Å². The van der Waals surface area contributed by atoms with Gasteiger partial charge in [-0.1, -0.05) is 20.8 Å². The van der Waals surface area contributed by atoms with Crippen LogP contribution in [0.5, 0.6) is 0 Å². The summed E-state index contributed by atoms with van der Waals surface area (Å²) in [6.45, 7) is 13.3. The van der Waals surface area contributed by atoms with Crippen molar-refractivity contribution < 1.29 is 0 Å². The first-order chi connectivity index (χ1) is 8.35. The summed E-state index contributed by atoms with van der Waals surface area (Å²) >= 11 is 1.93. The lowest BCUT2D eigenvalue weighted by molar-refractivity contribution is 0.144. The minimum atomic E-state index is 0.278. The molecule has 1 N–H and O–H groups in total. The number of rotatable bonds is 7. The predicted molar refractivity (Wildman–Crippen MR) is 82.1 cm³/mol. The van der Waals surface area contributed by atoms with Crippen molar-refractivity contribution in [2.24, 2.45) is 0 Å². The molecule has 0 aliphatic rings. The molecule has 0 saturated heterocycles. The third-order valence-corrected chi connectivity index (χ3v) is 4.76. The maximum Gasteiger partial charge on any atom is 0.0330 e. The van der Waals surface area contributed by atoms with Gasteiger partial charge < -0.3 is 5.32 Å². The van der Waals surface area contributed by atoms with Crippen LogP contribution in [0.1, 0.15) is 50.8 Å². The second-order valence-electron chi connectivity index (χ2n) is 5.93. The highest BCUT2D eigenvalue weighted by Crippen LogP contribution is 2.23. The molecule has 1 aromatic heterocycles. The SMILES string of the molecule is CCC(C)(C)N(C)Cc1ccc(CNC(C)C)s1. The number of thiophene rings is 1. The van der Waals surface area contributed by atoms with Crippen LogP contribution in [-0.2, 0) is 13.1 Å². The molecule has 0 aliphatic carbocycles. The molecular formula is C15H28N2S. The summed E-state index contributed by atoms with van der Waals surface area (Å²) in [6, 6.07) is 5.07. The Balaban J connectivity index is 2.53. The maximum atomic E-state index is 3.47. The van der Waals surface area contributed by atoms with Gasteiger partial charge in [-0.25, -0.2) is 0 Å². The molecule has 0 bridgehead atoms. The summed E-state index contributed by atoms with van der Waals surface area (Å²) in [7, 11) is 2.22. The zero-order valence-corrected chi connectivity index (χ0v) is 13.5. The number of nitrogens with one attached hydrogen (secondary N) is 1. The highest BCUT2D eigenvalue weighted by atomic mass is 32.1. The Hall–Kier alpha value is -0.380. The van der Waals surface area contributed by atoms with Crippen molar-refractivity contribution in [3.63, 3.8) is 0 Å². The minimum absolute atomic E-state index is 0.278. The van der Waals surface area contributed by atoms with E-state index in [9.17, 15) is 0 Å². The van der Waals surface area contributed by atoms with E-state index in [1.807, 2.05) is 11.3 Å². The van der Waals surface area contributed by atoms with Crippen molar-refractivity contribution >= 4 is 11.3 Å². The largest absolute Gasteiger partial charge is 0.310 e. The van der Waals surface area contributed by atoms with Crippen LogP contribution in [0, 0.1) is 0 Å². The second-order valence-corrected chi connectivity index (χ2v) is 7.18. The van der Waals surface area contributed by atoms with E-state index in [-0.39, 0.29) is 5.54 Å². The van der Waals surface area contributed by atoms with Gasteiger partial charge in [0, 0.05) is 34.4 Å². The van der Waals surface area contributed by atoms with E-state index in [1.54, 1.807) is 0 Å². The molecule has 0 aliphatic heterocycles. The van der Waals surface area contributed by atoms with Gasteiger partial charge in [-0.2, -0.15) is 0 Å². The number of hydrogen-bond acceptors (Lipinski definition) is 3. The number of nitrogens with zero attached hydrogens (tertiary/aromatic N) is 1. The predicted octanol–water partition coefficient (Wildman–Crippen LogP) is 3.87. The average Bonchev–Trinajstić information content (AvgIpc) is 2.74. The van der Waals surface area contributed by atoms with Gasteiger partial charge in [0.15, 0.2) is 0 Å². The molecule has 0 fully saturated rings. The molecule has 0 saturated carbocycles. The van der Waals surface area contributed by atoms with Crippen LogP contribution >= 0.6 is 11.3 Å². The van der Waals surface area contributed by atoms with Gasteiger partial charge >= 0.3 is 0 Å². The molecule has 0 atom stereocenters. The molecule has 104 valence electrons. The molecule has 0 radical (unpaired) electrons. The second kappa shape index (κ2) is 6.69. The third kappa shape index (κ3) is 4.71. The lowest BCUT2D eigenvalue weighted by Gasteiger charge is -2.34. The van der Waals surface area contributed by atoms with Crippen LogP contribution in [0.4, 0.5) is 0 Å². The summed E-state index contributed by atoms with van der Waals surface area (Å²) in [6.07, 6.45) is 1.18. The quantitative estimate of drug-likeness (QED) is 0.807. The summed E-state index contributed by atoms with van der Waals surface area (Å²) < 4.78 is 0. The molecule has 0 unspecified atom stereocenters. The molecule has 2 nitrogen and oxygen atoms in total. The summed E-state index contributed by atoms with van der Waals surface area (Å²) in [5.41, 5.74) is 0.278. The van der Waals surface area contributed by atoms with Crippen molar-refractivity contribution in [2.75, 3.05) is 7.05 Å². The zero-order valence-electron chi connectivity index (χ0n) is 12.7. The Bertz CT molecular complexity index is 355. The van der Waals surface area contributed by atoms with Gasteiger partial charge in [-0.05, 0) is 39.4 Å². The Labute approximate surface area is 116 Å². The third-order valence-electron chi connectivity index (χ3n) is 3.69. The fourth-order valence-electron chi connectivity index (χ4n) is 1.62. The molecule has 1 aromatic rings. The fourth-order valence-corrected chi connectivity index (χ4v) is 2.65. The van der Waals surface area contributed by atoms with Crippen molar-refractivity contribution in [3.05, 3.63) is 21.9 Å². The molecule has 0 spiro atoms. The van der Waals surface area contributed by atoms with Gasteiger partial charge in [0.25, 0.3) is 0 Å². The molecule has 18 heavy (non-hydrogen) atoms. The first-order valence-corrected chi connectivity index (χ1v) is 7.69. The van der Waals surface area contributed by atoms with Gasteiger partial charge in [0.2, 0.25) is 0 Å². The number of hydrogen-bond donors (Lipinski definition) is 1. The van der Waals surface area contributed by atoms with E-state index < -0.39 is 0 Å². The van der Waals surface area contributed by atoms with E-state index in [0.717, 1.165) is 13.1 Å². The van der Waals surface area contributed by atoms with Gasteiger partial charge in [0.05, 0.1) is 0 Å². The standard InChI is InChI=1S/C15H28N2S/c1-7-15(4,5)17(6)11-14-9-8-13(18-14)10-16-12(2)3/h8-9,12,16H,7,10-11H2,1-6H3. The molecule has 3 heteroatoms. The highest BCUT2D eigenvalue weighted by Gasteiger charge is 2.21. The molecular weight excluding hydrogens is 240 g/mol. The summed E-state index contributed by atoms with van der Waals surface area (Å²) in [5.74, 6) is 0. The van der Waals surface area contributed by atoms with Crippen molar-refractivity contribution in [1.29, 1.82) is 0 Å². The van der Waals surface area contributed by atoms with E-state index >= 15 is 0 Å². The maximum absolute atomic E-state index is 3.47.